The van der Waals surface area contributed by atoms with E-state index in [0.717, 1.165) is 51.4 Å². The molecule has 14 heteroatoms. The zero-order valence-electron chi connectivity index (χ0n) is 33.6. The second-order valence-electron chi connectivity index (χ2n) is 14.7. The number of amides is 1. The first-order valence-electron chi connectivity index (χ1n) is 21.0. The lowest BCUT2D eigenvalue weighted by Crippen LogP contribution is -2.61. The van der Waals surface area contributed by atoms with Crippen molar-refractivity contribution in [1.82, 2.24) is 5.32 Å². The highest BCUT2D eigenvalue weighted by atomic mass is 32.3. The Balaban J connectivity index is 2.67. The van der Waals surface area contributed by atoms with E-state index in [1.54, 1.807) is 6.08 Å². The average Bonchev–Trinajstić information content (AvgIpc) is 3.15. The van der Waals surface area contributed by atoms with Gasteiger partial charge in [-0.15, -0.1) is 0 Å². The van der Waals surface area contributed by atoms with Crippen LogP contribution in [0.15, 0.2) is 36.5 Å². The van der Waals surface area contributed by atoms with Gasteiger partial charge in [0.05, 0.1) is 25.4 Å². The molecule has 1 heterocycles. The van der Waals surface area contributed by atoms with Gasteiger partial charge in [0.1, 0.15) is 30.5 Å². The first kappa shape index (κ1) is 51.3. The van der Waals surface area contributed by atoms with Gasteiger partial charge in [-0.25, -0.2) is 4.18 Å². The molecule has 1 aliphatic rings. The zero-order valence-corrected chi connectivity index (χ0v) is 34.4. The van der Waals surface area contributed by atoms with Crippen LogP contribution in [0.3, 0.4) is 0 Å². The molecule has 322 valence electrons. The van der Waals surface area contributed by atoms with Gasteiger partial charge < -0.3 is 40.3 Å². The van der Waals surface area contributed by atoms with Crippen LogP contribution in [-0.4, -0.2) is 107 Å². The molecule has 0 spiro atoms. The van der Waals surface area contributed by atoms with Crippen LogP contribution in [0, 0.1) is 0 Å². The molecule has 13 nitrogen and oxygen atoms in total. The summed E-state index contributed by atoms with van der Waals surface area (Å²) in [7, 11) is -5.12. The predicted molar refractivity (Wildman–Crippen MR) is 214 cm³/mol. The minimum Gasteiger partial charge on any atom is -0.394 e. The highest BCUT2D eigenvalue weighted by Gasteiger charge is 2.48. The highest BCUT2D eigenvalue weighted by Crippen LogP contribution is 2.26. The molecule has 1 aliphatic heterocycles. The Hall–Kier alpha value is -1.72. The summed E-state index contributed by atoms with van der Waals surface area (Å²) in [5, 5.41) is 54.8. The number of unbranched alkanes of at least 4 members (excludes halogenated alkanes) is 17. The third-order valence-corrected chi connectivity index (χ3v) is 10.2. The fourth-order valence-electron chi connectivity index (χ4n) is 6.37. The SMILES string of the molecule is CCCCCCCCCC/C=C/CC/C=C/CC/C=C/C(O)C(COC1OC(CO)C(O)C(OS(=O)(=O)O)C1O)NC(=O)C(O)CCCCCCCCCC. The molecule has 0 aromatic heterocycles. The second kappa shape index (κ2) is 32.3. The van der Waals surface area contributed by atoms with Gasteiger partial charge in [-0.2, -0.15) is 8.42 Å². The van der Waals surface area contributed by atoms with Crippen LogP contribution in [0.1, 0.15) is 155 Å². The summed E-state index contributed by atoms with van der Waals surface area (Å²) < 4.78 is 47.3. The standard InChI is InChI=1S/C41H75NO12S/c1-3-5-7-9-11-13-14-15-16-17-18-19-20-21-22-24-25-27-29-34(44)33(42-40(48)35(45)30-28-26-23-12-10-8-6-4-2)32-52-41-38(47)39(54-55(49,50)51)37(46)36(31-43)53-41/h17-18,21-22,27,29,33-39,41,43-47H,3-16,19-20,23-26,28,30-32H2,1-2H3,(H,42,48)(H,49,50,51)/b18-17+,22-21+,29-27+. The number of rotatable bonds is 34. The number of allylic oxidation sites excluding steroid dienone is 5. The summed E-state index contributed by atoms with van der Waals surface area (Å²) in [6.07, 6.45) is 24.0. The number of aliphatic hydroxyl groups is 5. The summed E-state index contributed by atoms with van der Waals surface area (Å²) >= 11 is 0. The van der Waals surface area contributed by atoms with E-state index in [0.29, 0.717) is 12.8 Å². The summed E-state index contributed by atoms with van der Waals surface area (Å²) in [5.74, 6) is -0.722. The Bertz CT molecular complexity index is 1150. The number of carbonyl (C=O) groups is 1. The van der Waals surface area contributed by atoms with E-state index in [1.807, 2.05) is 0 Å². The van der Waals surface area contributed by atoms with Gasteiger partial charge in [0.2, 0.25) is 5.91 Å². The van der Waals surface area contributed by atoms with Crippen molar-refractivity contribution in [2.24, 2.45) is 0 Å². The molecule has 1 amide bonds. The molecule has 8 unspecified atom stereocenters. The molecule has 1 rings (SSSR count). The summed E-state index contributed by atoms with van der Waals surface area (Å²) in [6, 6.07) is -1.14. The number of hydrogen-bond donors (Lipinski definition) is 7. The van der Waals surface area contributed by atoms with Gasteiger partial charge in [-0.3, -0.25) is 9.35 Å². The molecule has 0 aliphatic carbocycles. The fraction of sp³-hybridized carbons (Fsp3) is 0.829. The Kier molecular flexibility index (Phi) is 30.1. The Morgan fingerprint density at radius 1 is 0.727 bits per heavy atom. The zero-order chi connectivity index (χ0) is 40.7. The van der Waals surface area contributed by atoms with Crippen molar-refractivity contribution in [3.8, 4) is 0 Å². The molecule has 8 atom stereocenters. The van der Waals surface area contributed by atoms with Gasteiger partial charge >= 0.3 is 10.4 Å². The normalized spacial score (nSPS) is 22.5. The monoisotopic (exact) mass is 806 g/mol. The van der Waals surface area contributed by atoms with E-state index < -0.39 is 78.5 Å². The maximum Gasteiger partial charge on any atom is 0.397 e. The number of carbonyl (C=O) groups excluding carboxylic acids is 1. The van der Waals surface area contributed by atoms with Gasteiger partial charge in [0.15, 0.2) is 6.29 Å². The van der Waals surface area contributed by atoms with Crippen LogP contribution in [0.5, 0.6) is 0 Å². The third kappa shape index (κ3) is 25.3. The molecule has 0 saturated carbocycles. The second-order valence-corrected chi connectivity index (χ2v) is 15.8. The Labute approximate surface area is 331 Å². The van der Waals surface area contributed by atoms with Crippen molar-refractivity contribution < 1.29 is 57.0 Å². The van der Waals surface area contributed by atoms with Crippen LogP contribution in [0.2, 0.25) is 0 Å². The van der Waals surface area contributed by atoms with Gasteiger partial charge in [-0.05, 0) is 44.9 Å². The van der Waals surface area contributed by atoms with Crippen molar-refractivity contribution in [3.63, 3.8) is 0 Å². The van der Waals surface area contributed by atoms with Crippen LogP contribution in [0.4, 0.5) is 0 Å². The lowest BCUT2D eigenvalue weighted by atomic mass is 9.99. The summed E-state index contributed by atoms with van der Waals surface area (Å²) in [5.41, 5.74) is 0. The van der Waals surface area contributed by atoms with Crippen molar-refractivity contribution >= 4 is 16.3 Å². The largest absolute Gasteiger partial charge is 0.397 e. The number of nitrogens with one attached hydrogen (secondary N) is 1. The van der Waals surface area contributed by atoms with Crippen LogP contribution >= 0.6 is 0 Å². The van der Waals surface area contributed by atoms with Crippen LogP contribution in [-0.2, 0) is 28.9 Å². The molecular weight excluding hydrogens is 731 g/mol. The number of ether oxygens (including phenoxy) is 2. The van der Waals surface area contributed by atoms with E-state index in [4.69, 9.17) is 14.0 Å². The van der Waals surface area contributed by atoms with Crippen molar-refractivity contribution in [3.05, 3.63) is 36.5 Å². The molecule has 0 aromatic carbocycles. The Morgan fingerprint density at radius 3 is 1.75 bits per heavy atom. The average molecular weight is 806 g/mol. The van der Waals surface area contributed by atoms with Gasteiger partial charge in [-0.1, -0.05) is 147 Å². The maximum absolute atomic E-state index is 13.0. The Morgan fingerprint density at radius 2 is 1.22 bits per heavy atom. The van der Waals surface area contributed by atoms with Crippen molar-refractivity contribution in [2.75, 3.05) is 13.2 Å². The lowest BCUT2D eigenvalue weighted by molar-refractivity contribution is -0.298. The molecular formula is C41H75NO12S. The first-order valence-corrected chi connectivity index (χ1v) is 22.3. The van der Waals surface area contributed by atoms with E-state index in [2.05, 4.69) is 47.7 Å². The van der Waals surface area contributed by atoms with Crippen LogP contribution in [0.25, 0.3) is 0 Å². The number of hydrogen-bond acceptors (Lipinski definition) is 11. The lowest BCUT2D eigenvalue weighted by Gasteiger charge is -2.41. The first-order chi connectivity index (χ1) is 26.4. The van der Waals surface area contributed by atoms with E-state index in [-0.39, 0.29) is 6.42 Å². The van der Waals surface area contributed by atoms with Gasteiger partial charge in [0.25, 0.3) is 0 Å². The molecule has 0 radical (unpaired) electrons. The quantitative estimate of drug-likeness (QED) is 0.0223. The molecule has 55 heavy (non-hydrogen) atoms. The van der Waals surface area contributed by atoms with Crippen molar-refractivity contribution in [2.45, 2.75) is 204 Å². The molecule has 7 N–H and O–H groups in total. The minimum absolute atomic E-state index is 0.233. The molecule has 1 fully saturated rings. The van der Waals surface area contributed by atoms with Crippen LogP contribution < -0.4 is 5.32 Å². The number of aliphatic hydroxyl groups excluding tert-OH is 5. The molecule has 0 aromatic rings. The van der Waals surface area contributed by atoms with Crippen molar-refractivity contribution in [1.29, 1.82) is 0 Å². The maximum atomic E-state index is 13.0. The highest BCUT2D eigenvalue weighted by molar-refractivity contribution is 7.80. The minimum atomic E-state index is -5.12. The topological polar surface area (TPSA) is 212 Å². The van der Waals surface area contributed by atoms with E-state index in [9.17, 15) is 38.7 Å². The molecule has 0 bridgehead atoms. The predicted octanol–water partition coefficient (Wildman–Crippen LogP) is 6.13. The third-order valence-electron chi connectivity index (χ3n) is 9.76. The molecule has 1 saturated heterocycles. The van der Waals surface area contributed by atoms with E-state index in [1.165, 1.54) is 76.7 Å². The summed E-state index contributed by atoms with van der Waals surface area (Å²) in [6.45, 7) is 3.12. The fourth-order valence-corrected chi connectivity index (χ4v) is 6.88. The summed E-state index contributed by atoms with van der Waals surface area (Å²) in [4.78, 5) is 13.0. The van der Waals surface area contributed by atoms with Gasteiger partial charge in [0, 0.05) is 0 Å². The van der Waals surface area contributed by atoms with E-state index >= 15 is 0 Å². The smallest absolute Gasteiger partial charge is 0.394 e.